The Hall–Kier alpha value is 0. The average Bonchev–Trinajstić information content (AvgIpc) is 2.31. The summed E-state index contributed by atoms with van der Waals surface area (Å²) in [6.45, 7) is 4.65. The summed E-state index contributed by atoms with van der Waals surface area (Å²) in [5.41, 5.74) is 0.780. The highest BCUT2D eigenvalue weighted by atomic mass is 14.4. The molecule has 1 rings (SSSR count). The van der Waals surface area contributed by atoms with Crippen molar-refractivity contribution in [2.75, 3.05) is 0 Å². The van der Waals surface area contributed by atoms with Crippen molar-refractivity contribution in [3.8, 4) is 0 Å². The van der Waals surface area contributed by atoms with Crippen LogP contribution in [0, 0.1) is 5.41 Å². The predicted octanol–water partition coefficient (Wildman–Crippen LogP) is 6.10. The van der Waals surface area contributed by atoms with Gasteiger partial charge in [0.25, 0.3) is 0 Å². The Labute approximate surface area is 103 Å². The monoisotopic (exact) mass is 224 g/mol. The van der Waals surface area contributed by atoms with Crippen molar-refractivity contribution in [3.63, 3.8) is 0 Å². The molecule has 1 aliphatic rings. The van der Waals surface area contributed by atoms with E-state index < -0.39 is 0 Å². The van der Waals surface area contributed by atoms with Crippen LogP contribution in [0.15, 0.2) is 0 Å². The van der Waals surface area contributed by atoms with Crippen LogP contribution in [0.2, 0.25) is 0 Å². The van der Waals surface area contributed by atoms with Crippen molar-refractivity contribution in [1.29, 1.82) is 0 Å². The van der Waals surface area contributed by atoms with Crippen LogP contribution < -0.4 is 0 Å². The lowest BCUT2D eigenvalue weighted by Gasteiger charge is -2.38. The summed E-state index contributed by atoms with van der Waals surface area (Å²) in [6.07, 6.45) is 19.3. The van der Waals surface area contributed by atoms with E-state index in [-0.39, 0.29) is 0 Å². The highest BCUT2D eigenvalue weighted by Gasteiger charge is 2.30. The van der Waals surface area contributed by atoms with Crippen LogP contribution in [-0.4, -0.2) is 0 Å². The van der Waals surface area contributed by atoms with Crippen LogP contribution in [0.4, 0.5) is 0 Å². The maximum absolute atomic E-state index is 2.32. The third kappa shape index (κ3) is 4.89. The van der Waals surface area contributed by atoms with Gasteiger partial charge in [-0.3, -0.25) is 0 Å². The Morgan fingerprint density at radius 3 is 1.62 bits per heavy atom. The molecule has 0 aromatic rings. The van der Waals surface area contributed by atoms with Gasteiger partial charge < -0.3 is 0 Å². The molecule has 1 saturated carbocycles. The first-order valence-corrected chi connectivity index (χ1v) is 7.83. The molecule has 96 valence electrons. The van der Waals surface area contributed by atoms with Gasteiger partial charge in [0.2, 0.25) is 0 Å². The lowest BCUT2D eigenvalue weighted by molar-refractivity contribution is 0.147. The first kappa shape index (κ1) is 14.1. The van der Waals surface area contributed by atoms with E-state index in [9.17, 15) is 0 Å². The molecule has 0 aromatic carbocycles. The predicted molar refractivity (Wildman–Crippen MR) is 73.8 cm³/mol. The normalized spacial score (nSPS) is 19.9. The largest absolute Gasteiger partial charge is 0.0654 e. The summed E-state index contributed by atoms with van der Waals surface area (Å²) < 4.78 is 0. The van der Waals surface area contributed by atoms with Gasteiger partial charge in [-0.15, -0.1) is 0 Å². The third-order valence-electron chi connectivity index (χ3n) is 4.54. The Morgan fingerprint density at radius 2 is 1.19 bits per heavy atom. The summed E-state index contributed by atoms with van der Waals surface area (Å²) in [4.78, 5) is 0. The van der Waals surface area contributed by atoms with Gasteiger partial charge in [0.05, 0.1) is 0 Å². The fourth-order valence-corrected chi connectivity index (χ4v) is 3.43. The molecule has 0 N–H and O–H groups in total. The molecule has 0 unspecified atom stereocenters. The van der Waals surface area contributed by atoms with Gasteiger partial charge in [-0.1, -0.05) is 71.6 Å². The smallest absolute Gasteiger partial charge is 0.0297 e. The summed E-state index contributed by atoms with van der Waals surface area (Å²) in [5.74, 6) is 0. The van der Waals surface area contributed by atoms with E-state index in [1.54, 1.807) is 12.8 Å². The van der Waals surface area contributed by atoms with Crippen LogP contribution in [-0.2, 0) is 0 Å². The number of rotatable bonds is 8. The summed E-state index contributed by atoms with van der Waals surface area (Å²) in [6, 6.07) is 0. The second-order valence-electron chi connectivity index (χ2n) is 5.97. The molecule has 1 fully saturated rings. The molecule has 0 radical (unpaired) electrons. The fraction of sp³-hybridized carbons (Fsp3) is 1.00. The molecular formula is C16H32. The van der Waals surface area contributed by atoms with Gasteiger partial charge in [-0.2, -0.15) is 0 Å². The van der Waals surface area contributed by atoms with E-state index in [2.05, 4.69) is 13.8 Å². The highest BCUT2D eigenvalue weighted by molar-refractivity contribution is 4.82. The molecule has 16 heavy (non-hydrogen) atoms. The second kappa shape index (κ2) is 8.14. The molecule has 0 nitrogen and oxygen atoms in total. The van der Waals surface area contributed by atoms with Gasteiger partial charge in [0.1, 0.15) is 0 Å². The van der Waals surface area contributed by atoms with E-state index in [1.807, 2.05) is 0 Å². The summed E-state index contributed by atoms with van der Waals surface area (Å²) in [7, 11) is 0. The van der Waals surface area contributed by atoms with Gasteiger partial charge in [0.15, 0.2) is 0 Å². The molecular weight excluding hydrogens is 192 g/mol. The number of unbranched alkanes of at least 4 members (excludes halogenated alkanes) is 4. The SMILES string of the molecule is CCCCCC1(CCCCC)CCCCC1. The second-order valence-corrected chi connectivity index (χ2v) is 5.97. The summed E-state index contributed by atoms with van der Waals surface area (Å²) >= 11 is 0. The molecule has 1 aliphatic carbocycles. The molecule has 0 aromatic heterocycles. The first-order chi connectivity index (χ1) is 7.83. The quantitative estimate of drug-likeness (QED) is 0.437. The van der Waals surface area contributed by atoms with E-state index >= 15 is 0 Å². The molecule has 0 spiro atoms. The fourth-order valence-electron chi connectivity index (χ4n) is 3.43. The Kier molecular flexibility index (Phi) is 7.16. The van der Waals surface area contributed by atoms with Crippen molar-refractivity contribution < 1.29 is 0 Å². The van der Waals surface area contributed by atoms with Crippen molar-refractivity contribution in [3.05, 3.63) is 0 Å². The third-order valence-corrected chi connectivity index (χ3v) is 4.54. The molecule has 0 bridgehead atoms. The van der Waals surface area contributed by atoms with Crippen molar-refractivity contribution in [2.24, 2.45) is 5.41 Å². The Morgan fingerprint density at radius 1 is 0.688 bits per heavy atom. The molecule has 0 heteroatoms. The van der Waals surface area contributed by atoms with Gasteiger partial charge in [-0.25, -0.2) is 0 Å². The first-order valence-electron chi connectivity index (χ1n) is 7.83. The van der Waals surface area contributed by atoms with Crippen LogP contribution in [0.3, 0.4) is 0 Å². The Balaban J connectivity index is 2.33. The minimum atomic E-state index is 0.780. The minimum Gasteiger partial charge on any atom is -0.0654 e. The zero-order chi connectivity index (χ0) is 11.7. The van der Waals surface area contributed by atoms with Gasteiger partial charge in [0, 0.05) is 0 Å². The molecule has 0 heterocycles. The van der Waals surface area contributed by atoms with Crippen LogP contribution in [0.25, 0.3) is 0 Å². The van der Waals surface area contributed by atoms with E-state index in [0.717, 1.165) is 5.41 Å². The van der Waals surface area contributed by atoms with Gasteiger partial charge in [-0.05, 0) is 31.1 Å². The Bertz CT molecular complexity index is 141. The molecule has 0 aliphatic heterocycles. The van der Waals surface area contributed by atoms with Crippen molar-refractivity contribution in [2.45, 2.75) is 97.3 Å². The average molecular weight is 224 g/mol. The van der Waals surface area contributed by atoms with E-state index in [4.69, 9.17) is 0 Å². The zero-order valence-electron chi connectivity index (χ0n) is 11.7. The van der Waals surface area contributed by atoms with Crippen LogP contribution >= 0.6 is 0 Å². The molecule has 0 saturated heterocycles. The maximum atomic E-state index is 2.32. The lowest BCUT2D eigenvalue weighted by atomic mass is 9.68. The minimum absolute atomic E-state index is 0.780. The van der Waals surface area contributed by atoms with Crippen LogP contribution in [0.5, 0.6) is 0 Å². The van der Waals surface area contributed by atoms with Crippen molar-refractivity contribution >= 4 is 0 Å². The van der Waals surface area contributed by atoms with Gasteiger partial charge >= 0.3 is 0 Å². The van der Waals surface area contributed by atoms with Crippen molar-refractivity contribution in [1.82, 2.24) is 0 Å². The molecule has 0 amide bonds. The standard InChI is InChI=1S/C16H32/c1-3-5-8-12-16(13-9-6-4-2)14-10-7-11-15-16/h3-15H2,1-2H3. The molecule has 0 atom stereocenters. The number of hydrogen-bond donors (Lipinski definition) is 0. The van der Waals surface area contributed by atoms with E-state index in [1.165, 1.54) is 70.6 Å². The highest BCUT2D eigenvalue weighted by Crippen LogP contribution is 2.44. The summed E-state index contributed by atoms with van der Waals surface area (Å²) in [5, 5.41) is 0. The number of hydrogen-bond acceptors (Lipinski definition) is 0. The topological polar surface area (TPSA) is 0 Å². The lowest BCUT2D eigenvalue weighted by Crippen LogP contribution is -2.24. The van der Waals surface area contributed by atoms with E-state index in [0.29, 0.717) is 0 Å². The zero-order valence-corrected chi connectivity index (χ0v) is 11.7. The maximum Gasteiger partial charge on any atom is -0.0297 e. The van der Waals surface area contributed by atoms with Crippen LogP contribution in [0.1, 0.15) is 97.3 Å².